The zero-order valence-electron chi connectivity index (χ0n) is 31.2. The SMILES string of the molecule is O=P(c1ccccc1)(c1ccccc1)c1ccc2c(c1)C(c1ccccc1)(c1ccccc1)c1cc(-c3cccc4c5ccccc5c5ccccc5c34)ccc1-2. The molecule has 10 aromatic rings. The van der Waals surface area contributed by atoms with Crippen LogP contribution < -0.4 is 15.9 Å². The first-order valence-corrected chi connectivity index (χ1v) is 21.3. The van der Waals surface area contributed by atoms with Crippen LogP contribution in [-0.2, 0) is 9.98 Å². The topological polar surface area (TPSA) is 17.1 Å². The molecule has 0 N–H and O–H groups in total. The van der Waals surface area contributed by atoms with E-state index in [0.717, 1.165) is 27.0 Å². The molecule has 268 valence electrons. The second kappa shape index (κ2) is 13.2. The fourth-order valence-electron chi connectivity index (χ4n) is 9.76. The third-order valence-electron chi connectivity index (χ3n) is 12.2. The second-order valence-electron chi connectivity index (χ2n) is 15.1. The van der Waals surface area contributed by atoms with Crippen LogP contribution in [0.5, 0.6) is 0 Å². The van der Waals surface area contributed by atoms with Crippen LogP contribution in [-0.4, -0.2) is 0 Å². The molecule has 57 heavy (non-hydrogen) atoms. The minimum absolute atomic E-state index is 0.684. The Balaban J connectivity index is 1.23. The van der Waals surface area contributed by atoms with Gasteiger partial charge in [0.05, 0.1) is 5.41 Å². The minimum atomic E-state index is -3.27. The Hall–Kier alpha value is -6.79. The second-order valence-corrected chi connectivity index (χ2v) is 17.8. The molecule has 0 atom stereocenters. The Bertz CT molecular complexity index is 3060. The summed E-state index contributed by atoms with van der Waals surface area (Å²) >= 11 is 0. The summed E-state index contributed by atoms with van der Waals surface area (Å²) in [7, 11) is -3.27. The van der Waals surface area contributed by atoms with Crippen LogP contribution in [0, 0.1) is 0 Å². The van der Waals surface area contributed by atoms with E-state index in [-0.39, 0.29) is 0 Å². The van der Waals surface area contributed by atoms with Gasteiger partial charge in [0.25, 0.3) is 0 Å². The van der Waals surface area contributed by atoms with Crippen molar-refractivity contribution in [3.05, 3.63) is 247 Å². The van der Waals surface area contributed by atoms with Gasteiger partial charge in [0.2, 0.25) is 0 Å². The third-order valence-corrected chi connectivity index (χ3v) is 15.3. The van der Waals surface area contributed by atoms with Gasteiger partial charge in [-0.05, 0) is 89.0 Å². The normalized spacial score (nSPS) is 13.1. The van der Waals surface area contributed by atoms with Gasteiger partial charge in [-0.25, -0.2) is 0 Å². The first-order chi connectivity index (χ1) is 28.2. The quantitative estimate of drug-likeness (QED) is 0.122. The summed E-state index contributed by atoms with van der Waals surface area (Å²) in [5, 5.41) is 10.1. The Kier molecular flexibility index (Phi) is 7.75. The van der Waals surface area contributed by atoms with E-state index in [1.165, 1.54) is 65.7 Å². The molecule has 0 spiro atoms. The lowest BCUT2D eigenvalue weighted by Crippen LogP contribution is -2.31. The number of rotatable bonds is 6. The molecule has 0 aliphatic heterocycles. The van der Waals surface area contributed by atoms with E-state index in [1.807, 2.05) is 60.7 Å². The number of fused-ring (bicyclic) bond motifs is 9. The predicted molar refractivity (Wildman–Crippen MR) is 241 cm³/mol. The van der Waals surface area contributed by atoms with Crippen LogP contribution in [0.4, 0.5) is 0 Å². The zero-order chi connectivity index (χ0) is 38.0. The molecule has 2 heteroatoms. The lowest BCUT2D eigenvalue weighted by Gasteiger charge is -2.34. The van der Waals surface area contributed by atoms with E-state index < -0.39 is 12.6 Å². The van der Waals surface area contributed by atoms with Gasteiger partial charge in [-0.15, -0.1) is 0 Å². The molecular weight excluding hydrogens is 708 g/mol. The van der Waals surface area contributed by atoms with Crippen LogP contribution in [0.3, 0.4) is 0 Å². The largest absolute Gasteiger partial charge is 0.309 e. The predicted octanol–water partition coefficient (Wildman–Crippen LogP) is 12.8. The van der Waals surface area contributed by atoms with Crippen molar-refractivity contribution in [1.82, 2.24) is 0 Å². The van der Waals surface area contributed by atoms with E-state index >= 15 is 4.57 Å². The molecule has 0 radical (unpaired) electrons. The molecule has 1 aliphatic carbocycles. The summed E-state index contributed by atoms with van der Waals surface area (Å²) in [5.41, 5.74) is 8.77. The Morgan fingerprint density at radius 1 is 0.316 bits per heavy atom. The molecule has 11 rings (SSSR count). The average Bonchev–Trinajstić information content (AvgIpc) is 3.59. The number of hydrogen-bond donors (Lipinski definition) is 0. The van der Waals surface area contributed by atoms with E-state index in [2.05, 4.69) is 164 Å². The summed E-state index contributed by atoms with van der Waals surface area (Å²) in [6, 6.07) is 79.9. The van der Waals surface area contributed by atoms with Gasteiger partial charge in [-0.1, -0.05) is 212 Å². The first-order valence-electron chi connectivity index (χ1n) is 19.6. The van der Waals surface area contributed by atoms with Crippen LogP contribution in [0.25, 0.3) is 54.6 Å². The molecule has 0 heterocycles. The maximum Gasteiger partial charge on any atom is 0.171 e. The molecule has 1 nitrogen and oxygen atoms in total. The lowest BCUT2D eigenvalue weighted by atomic mass is 9.67. The van der Waals surface area contributed by atoms with Crippen molar-refractivity contribution >= 4 is 55.4 Å². The van der Waals surface area contributed by atoms with Crippen molar-refractivity contribution in [1.29, 1.82) is 0 Å². The number of hydrogen-bond acceptors (Lipinski definition) is 1. The minimum Gasteiger partial charge on any atom is -0.309 e. The van der Waals surface area contributed by atoms with E-state index in [1.54, 1.807) is 0 Å². The summed E-state index contributed by atoms with van der Waals surface area (Å²) in [5.74, 6) is 0. The van der Waals surface area contributed by atoms with Crippen LogP contribution in [0.15, 0.2) is 224 Å². The average molecular weight is 745 g/mol. The van der Waals surface area contributed by atoms with Gasteiger partial charge in [0, 0.05) is 15.9 Å². The monoisotopic (exact) mass is 744 g/mol. The van der Waals surface area contributed by atoms with Crippen molar-refractivity contribution in [3.8, 4) is 22.3 Å². The van der Waals surface area contributed by atoms with Crippen molar-refractivity contribution in [2.24, 2.45) is 0 Å². The third kappa shape index (κ3) is 4.93. The van der Waals surface area contributed by atoms with Crippen molar-refractivity contribution in [3.63, 3.8) is 0 Å². The van der Waals surface area contributed by atoms with Gasteiger partial charge in [0.15, 0.2) is 7.14 Å². The van der Waals surface area contributed by atoms with Crippen molar-refractivity contribution < 1.29 is 4.57 Å². The molecule has 0 saturated heterocycles. The first kappa shape index (κ1) is 33.5. The summed E-state index contributed by atoms with van der Waals surface area (Å²) in [4.78, 5) is 0. The van der Waals surface area contributed by atoms with Crippen LogP contribution >= 0.6 is 7.14 Å². The Morgan fingerprint density at radius 3 is 1.28 bits per heavy atom. The summed E-state index contributed by atoms with van der Waals surface area (Å²) in [6.45, 7) is 0. The van der Waals surface area contributed by atoms with Crippen LogP contribution in [0.1, 0.15) is 22.3 Å². The highest BCUT2D eigenvalue weighted by atomic mass is 31.2. The highest BCUT2D eigenvalue weighted by Gasteiger charge is 2.47. The smallest absolute Gasteiger partial charge is 0.171 e. The van der Waals surface area contributed by atoms with E-state index in [0.29, 0.717) is 0 Å². The van der Waals surface area contributed by atoms with Gasteiger partial charge in [-0.2, -0.15) is 0 Å². The standard InChI is InChI=1S/C55H37OP/c56-57(41-22-9-3-10-23-41,42-24-11-4-12-25-42)43-33-35-49-48-34-32-38(36-52(48)55(53(49)37-43,39-18-5-1-6-19-39)40-20-7-2-8-21-40)44-30-17-31-51-47-27-14-13-26-45(47)46-28-15-16-29-50(46)54(44)51/h1-37H. The molecule has 0 saturated carbocycles. The molecular formula is C55H37OP. The lowest BCUT2D eigenvalue weighted by molar-refractivity contribution is 0.592. The van der Waals surface area contributed by atoms with Crippen LogP contribution in [0.2, 0.25) is 0 Å². The summed E-state index contributed by atoms with van der Waals surface area (Å²) in [6.07, 6.45) is 0. The molecule has 0 unspecified atom stereocenters. The van der Waals surface area contributed by atoms with Gasteiger partial charge < -0.3 is 4.57 Å². The molecule has 0 bridgehead atoms. The Labute approximate surface area is 332 Å². The van der Waals surface area contributed by atoms with E-state index in [9.17, 15) is 0 Å². The van der Waals surface area contributed by atoms with Gasteiger partial charge in [-0.3, -0.25) is 0 Å². The summed E-state index contributed by atoms with van der Waals surface area (Å²) < 4.78 is 15.9. The molecule has 10 aromatic carbocycles. The van der Waals surface area contributed by atoms with Gasteiger partial charge >= 0.3 is 0 Å². The fourth-order valence-corrected chi connectivity index (χ4v) is 12.4. The van der Waals surface area contributed by atoms with Crippen molar-refractivity contribution in [2.75, 3.05) is 0 Å². The maximum absolute atomic E-state index is 15.9. The maximum atomic E-state index is 15.9. The van der Waals surface area contributed by atoms with Crippen molar-refractivity contribution in [2.45, 2.75) is 5.41 Å². The zero-order valence-corrected chi connectivity index (χ0v) is 32.1. The number of benzene rings is 10. The van der Waals surface area contributed by atoms with E-state index in [4.69, 9.17) is 0 Å². The van der Waals surface area contributed by atoms with Gasteiger partial charge in [0.1, 0.15) is 0 Å². The molecule has 1 aliphatic rings. The molecule has 0 aromatic heterocycles. The highest BCUT2D eigenvalue weighted by Crippen LogP contribution is 2.58. The molecule has 0 fully saturated rings. The fraction of sp³-hybridized carbons (Fsp3) is 0.0182. The highest BCUT2D eigenvalue weighted by molar-refractivity contribution is 7.85. The molecule has 0 amide bonds. The Morgan fingerprint density at radius 2 is 0.737 bits per heavy atom.